The van der Waals surface area contributed by atoms with Crippen molar-refractivity contribution in [3.63, 3.8) is 0 Å². The predicted octanol–water partition coefficient (Wildman–Crippen LogP) is 1.39. The maximum atomic E-state index is 11.5. The van der Waals surface area contributed by atoms with Gasteiger partial charge in [-0.15, -0.1) is 5.10 Å². The largest absolute Gasteiger partial charge is 0.478 e. The first-order chi connectivity index (χ1) is 16.4. The molecule has 1 aromatic heterocycles. The quantitative estimate of drug-likeness (QED) is 0.367. The Morgan fingerprint density at radius 1 is 1.15 bits per heavy atom. The summed E-state index contributed by atoms with van der Waals surface area (Å²) >= 11 is 1.27. The van der Waals surface area contributed by atoms with Crippen molar-refractivity contribution >= 4 is 17.7 Å². The summed E-state index contributed by atoms with van der Waals surface area (Å²) in [7, 11) is 0. The van der Waals surface area contributed by atoms with Gasteiger partial charge >= 0.3 is 5.97 Å². The standard InChI is InChI=1S/C23H25N3O7S/c1-13-6-8-15(9-7-13)34-23-20(29)21(19(28)18(11-27)33-23)32-12-14-10-26(25-24-14)17-5-3-2-4-16(17)22(30)31/h2-10,18-21,23,27-29H,11-12H2,1H3,(H,30,31)/t18-,19+,20-,21+,23+/m1/s1. The molecule has 0 unspecified atom stereocenters. The van der Waals surface area contributed by atoms with Gasteiger partial charge in [0.15, 0.2) is 0 Å². The minimum Gasteiger partial charge on any atom is -0.478 e. The molecule has 2 aromatic carbocycles. The van der Waals surface area contributed by atoms with Gasteiger partial charge in [0.25, 0.3) is 0 Å². The van der Waals surface area contributed by atoms with Gasteiger partial charge in [-0.05, 0) is 31.2 Å². The molecule has 180 valence electrons. The van der Waals surface area contributed by atoms with Gasteiger partial charge in [0, 0.05) is 4.90 Å². The van der Waals surface area contributed by atoms with E-state index in [0.717, 1.165) is 10.5 Å². The van der Waals surface area contributed by atoms with Crippen molar-refractivity contribution in [1.82, 2.24) is 15.0 Å². The molecule has 4 N–H and O–H groups in total. The second-order valence-corrected chi connectivity index (χ2v) is 9.06. The number of aromatic carboxylic acids is 1. The molecule has 4 rings (SSSR count). The highest BCUT2D eigenvalue weighted by molar-refractivity contribution is 7.99. The van der Waals surface area contributed by atoms with Gasteiger partial charge in [-0.1, -0.05) is 46.8 Å². The van der Waals surface area contributed by atoms with Crippen LogP contribution >= 0.6 is 11.8 Å². The summed E-state index contributed by atoms with van der Waals surface area (Å²) in [5.74, 6) is -1.09. The zero-order chi connectivity index (χ0) is 24.2. The molecule has 1 aliphatic rings. The van der Waals surface area contributed by atoms with Crippen molar-refractivity contribution in [3.8, 4) is 5.69 Å². The van der Waals surface area contributed by atoms with Gasteiger partial charge in [-0.2, -0.15) is 0 Å². The highest BCUT2D eigenvalue weighted by Gasteiger charge is 2.45. The topological polar surface area (TPSA) is 147 Å². The van der Waals surface area contributed by atoms with Gasteiger partial charge in [0.2, 0.25) is 0 Å². The number of aryl methyl sites for hydroxylation is 1. The van der Waals surface area contributed by atoms with Crippen LogP contribution in [0.1, 0.15) is 21.6 Å². The SMILES string of the molecule is Cc1ccc(S[C@@H]2O[C@H](CO)[C@H](O)[C@H](OCc3cn(-c4ccccc4C(=O)O)nn3)[C@H]2O)cc1. The molecule has 0 amide bonds. The van der Waals surface area contributed by atoms with Crippen LogP contribution < -0.4 is 0 Å². The molecule has 5 atom stereocenters. The van der Waals surface area contributed by atoms with Gasteiger partial charge in [0.05, 0.1) is 30.7 Å². The number of carboxylic acids is 1. The molecule has 0 saturated carbocycles. The van der Waals surface area contributed by atoms with Crippen molar-refractivity contribution in [2.75, 3.05) is 6.61 Å². The van der Waals surface area contributed by atoms with E-state index in [4.69, 9.17) is 9.47 Å². The molecule has 0 radical (unpaired) electrons. The summed E-state index contributed by atoms with van der Waals surface area (Å²) < 4.78 is 12.8. The Bertz CT molecular complexity index is 1120. The van der Waals surface area contributed by atoms with Crippen molar-refractivity contribution in [2.45, 2.75) is 48.3 Å². The fourth-order valence-corrected chi connectivity index (χ4v) is 4.67. The van der Waals surface area contributed by atoms with Gasteiger partial charge in [0.1, 0.15) is 35.5 Å². The Morgan fingerprint density at radius 3 is 2.59 bits per heavy atom. The van der Waals surface area contributed by atoms with E-state index in [9.17, 15) is 25.2 Å². The molecule has 0 spiro atoms. The Balaban J connectivity index is 1.47. The van der Waals surface area contributed by atoms with Gasteiger partial charge in [-0.25, -0.2) is 9.48 Å². The normalized spacial score (nSPS) is 24.8. The average molecular weight is 488 g/mol. The first-order valence-electron chi connectivity index (χ1n) is 10.6. The van der Waals surface area contributed by atoms with Crippen molar-refractivity contribution in [3.05, 3.63) is 71.5 Å². The number of hydrogen-bond acceptors (Lipinski definition) is 9. The van der Waals surface area contributed by atoms with Crippen molar-refractivity contribution in [1.29, 1.82) is 0 Å². The lowest BCUT2D eigenvalue weighted by Crippen LogP contribution is -2.58. The number of aromatic nitrogens is 3. The van der Waals surface area contributed by atoms with Crippen LogP contribution in [0.3, 0.4) is 0 Å². The molecule has 3 aromatic rings. The smallest absolute Gasteiger partial charge is 0.337 e. The van der Waals surface area contributed by atoms with E-state index in [1.807, 2.05) is 31.2 Å². The Kier molecular flexibility index (Phi) is 7.61. The van der Waals surface area contributed by atoms with Crippen LogP contribution in [0.2, 0.25) is 0 Å². The van der Waals surface area contributed by atoms with Crippen LogP contribution in [0.4, 0.5) is 0 Å². The molecular formula is C23H25N3O7S. The van der Waals surface area contributed by atoms with Crippen LogP contribution in [-0.4, -0.2) is 77.8 Å². The van der Waals surface area contributed by atoms with E-state index in [1.54, 1.807) is 18.2 Å². The van der Waals surface area contributed by atoms with Crippen molar-refractivity contribution < 1.29 is 34.7 Å². The lowest BCUT2D eigenvalue weighted by Gasteiger charge is -2.41. The Labute approximate surface area is 199 Å². The summed E-state index contributed by atoms with van der Waals surface area (Å²) in [5, 5.41) is 48.5. The van der Waals surface area contributed by atoms with Gasteiger partial charge < -0.3 is 29.9 Å². The summed E-state index contributed by atoms with van der Waals surface area (Å²) in [4.78, 5) is 12.3. The lowest BCUT2D eigenvalue weighted by molar-refractivity contribution is -0.223. The molecule has 1 aliphatic heterocycles. The molecule has 1 fully saturated rings. The maximum Gasteiger partial charge on any atom is 0.337 e. The lowest BCUT2D eigenvalue weighted by atomic mass is 10.00. The monoisotopic (exact) mass is 487 g/mol. The minimum atomic E-state index is -1.27. The summed E-state index contributed by atoms with van der Waals surface area (Å²) in [6, 6.07) is 14.1. The number of benzene rings is 2. The van der Waals surface area contributed by atoms with Crippen molar-refractivity contribution in [2.24, 2.45) is 0 Å². The summed E-state index contributed by atoms with van der Waals surface area (Å²) in [5.41, 5.74) is 1.10. The number of nitrogens with zero attached hydrogens (tertiary/aromatic N) is 3. The molecule has 0 aliphatic carbocycles. The second-order valence-electron chi connectivity index (χ2n) is 7.89. The highest BCUT2D eigenvalue weighted by Crippen LogP contribution is 2.34. The summed E-state index contributed by atoms with van der Waals surface area (Å²) in [6.07, 6.45) is -2.92. The van der Waals surface area contributed by atoms with Crippen LogP contribution in [0.15, 0.2) is 59.6 Å². The Morgan fingerprint density at radius 2 is 1.88 bits per heavy atom. The number of hydrogen-bond donors (Lipinski definition) is 4. The summed E-state index contributed by atoms with van der Waals surface area (Å²) in [6.45, 7) is 1.42. The predicted molar refractivity (Wildman–Crippen MR) is 122 cm³/mol. The van der Waals surface area contributed by atoms with E-state index < -0.39 is 42.4 Å². The van der Waals surface area contributed by atoms with Crippen LogP contribution in [0, 0.1) is 6.92 Å². The number of aliphatic hydroxyl groups is 3. The second kappa shape index (κ2) is 10.6. The zero-order valence-corrected chi connectivity index (χ0v) is 19.1. The highest BCUT2D eigenvalue weighted by atomic mass is 32.2. The number of carboxylic acid groups (broad SMARTS) is 1. The zero-order valence-electron chi connectivity index (χ0n) is 18.3. The number of thioether (sulfide) groups is 1. The number of rotatable bonds is 8. The van der Waals surface area contributed by atoms with Crippen LogP contribution in [0.25, 0.3) is 5.69 Å². The molecule has 0 bridgehead atoms. The minimum absolute atomic E-state index is 0.0666. The number of aliphatic hydroxyl groups excluding tert-OH is 3. The van der Waals surface area contributed by atoms with E-state index in [-0.39, 0.29) is 12.2 Å². The third-order valence-corrected chi connectivity index (χ3v) is 6.61. The molecule has 2 heterocycles. The van der Waals surface area contributed by atoms with Gasteiger partial charge in [-0.3, -0.25) is 0 Å². The molecular weight excluding hydrogens is 462 g/mol. The third kappa shape index (κ3) is 5.30. The molecule has 1 saturated heterocycles. The molecule has 34 heavy (non-hydrogen) atoms. The van der Waals surface area contributed by atoms with Crippen LogP contribution in [0.5, 0.6) is 0 Å². The number of carbonyl (C=O) groups is 1. The number of ether oxygens (including phenoxy) is 2. The fourth-order valence-electron chi connectivity index (χ4n) is 3.62. The van der Waals surface area contributed by atoms with E-state index >= 15 is 0 Å². The first-order valence-corrected chi connectivity index (χ1v) is 11.5. The number of para-hydroxylation sites is 1. The molecule has 10 nitrogen and oxygen atoms in total. The third-order valence-electron chi connectivity index (χ3n) is 5.44. The Hall–Kier alpha value is -2.80. The molecule has 11 heteroatoms. The van der Waals surface area contributed by atoms with E-state index in [0.29, 0.717) is 11.4 Å². The van der Waals surface area contributed by atoms with E-state index in [1.165, 1.54) is 28.7 Å². The van der Waals surface area contributed by atoms with Crippen LogP contribution in [-0.2, 0) is 16.1 Å². The maximum absolute atomic E-state index is 11.5. The average Bonchev–Trinajstić information content (AvgIpc) is 3.31. The fraction of sp³-hybridized carbons (Fsp3) is 0.348. The van der Waals surface area contributed by atoms with E-state index in [2.05, 4.69) is 10.3 Å². The first kappa shape index (κ1) is 24.3.